The first-order valence-electron chi connectivity index (χ1n) is 7.24. The van der Waals surface area contributed by atoms with Gasteiger partial charge in [-0.1, -0.05) is 6.92 Å². The third kappa shape index (κ3) is 4.28. The molecule has 7 heteroatoms. The standard InChI is InChI=1S/C13H23N5O2/c1-2-5-18-12(15-11-16-18)10-14-4-3-13(19)17-6-8-20-9-7-17/h11,14H,2-10H2,1H3. The van der Waals surface area contributed by atoms with Gasteiger partial charge in [-0.15, -0.1) is 0 Å². The van der Waals surface area contributed by atoms with E-state index in [2.05, 4.69) is 22.3 Å². The normalized spacial score (nSPS) is 15.6. The van der Waals surface area contributed by atoms with Gasteiger partial charge in [0, 0.05) is 32.6 Å². The lowest BCUT2D eigenvalue weighted by atomic mass is 10.3. The van der Waals surface area contributed by atoms with Gasteiger partial charge in [0.25, 0.3) is 0 Å². The molecule has 2 rings (SSSR count). The number of aromatic nitrogens is 3. The van der Waals surface area contributed by atoms with Crippen LogP contribution in [0.25, 0.3) is 0 Å². The second-order valence-electron chi connectivity index (χ2n) is 4.82. The first-order valence-corrected chi connectivity index (χ1v) is 7.24. The molecule has 112 valence electrons. The van der Waals surface area contributed by atoms with E-state index in [0.717, 1.165) is 18.8 Å². The number of morpholine rings is 1. The van der Waals surface area contributed by atoms with Crippen molar-refractivity contribution in [2.45, 2.75) is 32.9 Å². The van der Waals surface area contributed by atoms with Gasteiger partial charge in [-0.2, -0.15) is 5.10 Å². The largest absolute Gasteiger partial charge is 0.378 e. The van der Waals surface area contributed by atoms with E-state index in [0.29, 0.717) is 45.8 Å². The van der Waals surface area contributed by atoms with Crippen molar-refractivity contribution in [2.24, 2.45) is 0 Å². The van der Waals surface area contributed by atoms with Crippen LogP contribution in [0.15, 0.2) is 6.33 Å². The van der Waals surface area contributed by atoms with Gasteiger partial charge in [0.05, 0.1) is 19.8 Å². The first-order chi connectivity index (χ1) is 9.81. The van der Waals surface area contributed by atoms with Crippen LogP contribution in [0.2, 0.25) is 0 Å². The summed E-state index contributed by atoms with van der Waals surface area (Å²) in [6.45, 7) is 7.03. The predicted molar refractivity (Wildman–Crippen MR) is 74.0 cm³/mol. The van der Waals surface area contributed by atoms with Gasteiger partial charge in [-0.3, -0.25) is 4.79 Å². The van der Waals surface area contributed by atoms with Crippen molar-refractivity contribution in [2.75, 3.05) is 32.8 Å². The summed E-state index contributed by atoms with van der Waals surface area (Å²) in [4.78, 5) is 18.0. The molecular formula is C13H23N5O2. The van der Waals surface area contributed by atoms with Crippen molar-refractivity contribution in [3.8, 4) is 0 Å². The van der Waals surface area contributed by atoms with Crippen LogP contribution < -0.4 is 5.32 Å². The number of rotatable bonds is 7. The van der Waals surface area contributed by atoms with E-state index in [-0.39, 0.29) is 5.91 Å². The number of ether oxygens (including phenoxy) is 1. The summed E-state index contributed by atoms with van der Waals surface area (Å²) in [7, 11) is 0. The van der Waals surface area contributed by atoms with E-state index >= 15 is 0 Å². The maximum absolute atomic E-state index is 11.9. The Morgan fingerprint density at radius 2 is 2.25 bits per heavy atom. The number of hydrogen-bond acceptors (Lipinski definition) is 5. The Kier molecular flexibility index (Phi) is 5.94. The molecule has 1 N–H and O–H groups in total. The van der Waals surface area contributed by atoms with Crippen LogP contribution in [0, 0.1) is 0 Å². The van der Waals surface area contributed by atoms with Crippen molar-refractivity contribution in [3.05, 3.63) is 12.2 Å². The number of carbonyl (C=O) groups is 1. The molecule has 20 heavy (non-hydrogen) atoms. The van der Waals surface area contributed by atoms with Crippen LogP contribution in [-0.2, 0) is 22.6 Å². The highest BCUT2D eigenvalue weighted by Crippen LogP contribution is 2.00. The molecule has 1 amide bonds. The summed E-state index contributed by atoms with van der Waals surface area (Å²) < 4.78 is 7.13. The molecule has 0 spiro atoms. The highest BCUT2D eigenvalue weighted by Gasteiger charge is 2.15. The molecular weight excluding hydrogens is 258 g/mol. The second kappa shape index (κ2) is 7.96. The van der Waals surface area contributed by atoms with E-state index in [9.17, 15) is 4.79 Å². The number of nitrogens with one attached hydrogen (secondary N) is 1. The molecule has 0 atom stereocenters. The van der Waals surface area contributed by atoms with Gasteiger partial charge in [0.1, 0.15) is 12.2 Å². The zero-order chi connectivity index (χ0) is 14.2. The Hall–Kier alpha value is -1.47. The van der Waals surface area contributed by atoms with Crippen LogP contribution in [0.3, 0.4) is 0 Å². The van der Waals surface area contributed by atoms with E-state index in [1.807, 2.05) is 9.58 Å². The fraction of sp³-hybridized carbons (Fsp3) is 0.769. The molecule has 1 aliphatic rings. The lowest BCUT2D eigenvalue weighted by Gasteiger charge is -2.26. The highest BCUT2D eigenvalue weighted by atomic mass is 16.5. The van der Waals surface area contributed by atoms with Crippen LogP contribution in [-0.4, -0.2) is 58.4 Å². The molecule has 0 aliphatic carbocycles. The van der Waals surface area contributed by atoms with Crippen LogP contribution >= 0.6 is 0 Å². The maximum Gasteiger partial charge on any atom is 0.224 e. The Bertz CT molecular complexity index is 415. The Balaban J connectivity index is 1.65. The lowest BCUT2D eigenvalue weighted by Crippen LogP contribution is -2.41. The molecule has 0 saturated carbocycles. The number of aryl methyl sites for hydroxylation is 1. The minimum atomic E-state index is 0.191. The van der Waals surface area contributed by atoms with Gasteiger partial charge in [-0.25, -0.2) is 9.67 Å². The molecule has 1 aromatic heterocycles. The molecule has 0 aromatic carbocycles. The zero-order valence-corrected chi connectivity index (χ0v) is 12.0. The van der Waals surface area contributed by atoms with Gasteiger partial charge in [0.15, 0.2) is 0 Å². The van der Waals surface area contributed by atoms with E-state index < -0.39 is 0 Å². The fourth-order valence-electron chi connectivity index (χ4n) is 2.19. The van der Waals surface area contributed by atoms with Gasteiger partial charge >= 0.3 is 0 Å². The van der Waals surface area contributed by atoms with Crippen LogP contribution in [0.5, 0.6) is 0 Å². The number of nitrogens with zero attached hydrogens (tertiary/aromatic N) is 4. The summed E-state index contributed by atoms with van der Waals surface area (Å²) in [6.07, 6.45) is 3.12. The second-order valence-corrected chi connectivity index (χ2v) is 4.82. The average Bonchev–Trinajstić information content (AvgIpc) is 2.92. The number of carbonyl (C=O) groups excluding carboxylic acids is 1. The zero-order valence-electron chi connectivity index (χ0n) is 12.0. The molecule has 7 nitrogen and oxygen atoms in total. The highest BCUT2D eigenvalue weighted by molar-refractivity contribution is 5.76. The predicted octanol–water partition coefficient (Wildman–Crippen LogP) is 0.0266. The monoisotopic (exact) mass is 281 g/mol. The SMILES string of the molecule is CCCn1ncnc1CNCCC(=O)N1CCOCC1. The van der Waals surface area contributed by atoms with Crippen molar-refractivity contribution < 1.29 is 9.53 Å². The molecule has 0 bridgehead atoms. The number of amides is 1. The molecule has 2 heterocycles. The van der Waals surface area contributed by atoms with Gasteiger partial charge in [-0.05, 0) is 6.42 Å². The van der Waals surface area contributed by atoms with Crippen molar-refractivity contribution in [3.63, 3.8) is 0 Å². The molecule has 0 unspecified atom stereocenters. The van der Waals surface area contributed by atoms with Crippen LogP contribution in [0.4, 0.5) is 0 Å². The van der Waals surface area contributed by atoms with Crippen LogP contribution in [0.1, 0.15) is 25.6 Å². The number of hydrogen-bond donors (Lipinski definition) is 1. The molecule has 0 radical (unpaired) electrons. The maximum atomic E-state index is 11.9. The smallest absolute Gasteiger partial charge is 0.224 e. The third-order valence-electron chi connectivity index (χ3n) is 3.29. The van der Waals surface area contributed by atoms with E-state index in [4.69, 9.17) is 4.74 Å². The molecule has 1 aromatic rings. The minimum Gasteiger partial charge on any atom is -0.378 e. The van der Waals surface area contributed by atoms with E-state index in [1.54, 1.807) is 6.33 Å². The van der Waals surface area contributed by atoms with Crippen molar-refractivity contribution in [1.29, 1.82) is 0 Å². The Morgan fingerprint density at radius 1 is 1.45 bits per heavy atom. The summed E-state index contributed by atoms with van der Waals surface area (Å²) in [5.41, 5.74) is 0. The minimum absolute atomic E-state index is 0.191. The third-order valence-corrected chi connectivity index (χ3v) is 3.29. The average molecular weight is 281 g/mol. The quantitative estimate of drug-likeness (QED) is 0.714. The molecule has 1 fully saturated rings. The van der Waals surface area contributed by atoms with E-state index in [1.165, 1.54) is 0 Å². The summed E-state index contributed by atoms with van der Waals surface area (Å²) in [5, 5.41) is 7.42. The summed E-state index contributed by atoms with van der Waals surface area (Å²) in [6, 6.07) is 0. The van der Waals surface area contributed by atoms with Crippen molar-refractivity contribution in [1.82, 2.24) is 25.0 Å². The summed E-state index contributed by atoms with van der Waals surface area (Å²) in [5.74, 6) is 1.11. The molecule has 1 aliphatic heterocycles. The Labute approximate surface area is 119 Å². The first kappa shape index (κ1) is 14.9. The van der Waals surface area contributed by atoms with Gasteiger partial charge in [0.2, 0.25) is 5.91 Å². The Morgan fingerprint density at radius 3 is 3.00 bits per heavy atom. The summed E-state index contributed by atoms with van der Waals surface area (Å²) >= 11 is 0. The lowest BCUT2D eigenvalue weighted by molar-refractivity contribution is -0.135. The topological polar surface area (TPSA) is 72.3 Å². The van der Waals surface area contributed by atoms with Gasteiger partial charge < -0.3 is 15.0 Å². The fourth-order valence-corrected chi connectivity index (χ4v) is 2.19. The molecule has 1 saturated heterocycles. The van der Waals surface area contributed by atoms with Crippen molar-refractivity contribution >= 4 is 5.91 Å².